The average molecular weight is 189 g/mol. The van der Waals surface area contributed by atoms with E-state index in [4.69, 9.17) is 5.73 Å². The number of hydrogen-bond acceptors (Lipinski definition) is 1. The number of nitrogens with two attached hydrogens (primary N) is 1. The first-order valence-electron chi connectivity index (χ1n) is 5.04. The summed E-state index contributed by atoms with van der Waals surface area (Å²) in [6.07, 6.45) is 0.835. The van der Waals surface area contributed by atoms with E-state index >= 15 is 0 Å². The van der Waals surface area contributed by atoms with Crippen LogP contribution in [0.2, 0.25) is 0 Å². The highest BCUT2D eigenvalue weighted by Crippen LogP contribution is 2.03. The van der Waals surface area contributed by atoms with Crippen LogP contribution in [0.4, 0.5) is 0 Å². The average Bonchev–Trinajstić information content (AvgIpc) is 2.30. The molecule has 1 heteroatoms. The van der Waals surface area contributed by atoms with E-state index in [1.165, 1.54) is 11.1 Å². The van der Waals surface area contributed by atoms with Gasteiger partial charge in [0.05, 0.1) is 0 Å². The van der Waals surface area contributed by atoms with Gasteiger partial charge in [-0.25, -0.2) is 0 Å². The molecule has 1 rings (SSSR count). The van der Waals surface area contributed by atoms with E-state index in [1.807, 2.05) is 32.9 Å². The largest absolute Gasteiger partial charge is 0.326 e. The van der Waals surface area contributed by atoms with Crippen molar-refractivity contribution in [3.63, 3.8) is 0 Å². The van der Waals surface area contributed by atoms with Gasteiger partial charge in [-0.15, -0.1) is 5.92 Å². The summed E-state index contributed by atoms with van der Waals surface area (Å²) in [6, 6.07) is 8.25. The molecule has 1 aromatic rings. The van der Waals surface area contributed by atoms with Crippen LogP contribution in [0.5, 0.6) is 0 Å². The Labute approximate surface area is 87.3 Å². The van der Waals surface area contributed by atoms with Gasteiger partial charge in [0.2, 0.25) is 0 Å². The van der Waals surface area contributed by atoms with Gasteiger partial charge < -0.3 is 5.73 Å². The zero-order valence-electron chi connectivity index (χ0n) is 9.30. The van der Waals surface area contributed by atoms with Crippen LogP contribution in [0.25, 0.3) is 0 Å². The Balaban J connectivity index is 0.000000791. The van der Waals surface area contributed by atoms with Crippen molar-refractivity contribution < 1.29 is 0 Å². The lowest BCUT2D eigenvalue weighted by molar-refractivity contribution is 1.07. The third-order valence-corrected chi connectivity index (χ3v) is 1.73. The van der Waals surface area contributed by atoms with Gasteiger partial charge in [0.15, 0.2) is 0 Å². The molecule has 2 N–H and O–H groups in total. The third-order valence-electron chi connectivity index (χ3n) is 1.73. The molecule has 76 valence electrons. The predicted octanol–water partition coefficient (Wildman–Crippen LogP) is 2.74. The Morgan fingerprint density at radius 2 is 1.57 bits per heavy atom. The smallest absolute Gasteiger partial charge is 0.0340 e. The Hall–Kier alpha value is -1.26. The monoisotopic (exact) mass is 189 g/mol. The highest BCUT2D eigenvalue weighted by atomic mass is 14.5. The second-order valence-corrected chi connectivity index (χ2v) is 2.62. The molecule has 0 saturated heterocycles. The number of benzene rings is 1. The van der Waals surface area contributed by atoms with Gasteiger partial charge in [0.1, 0.15) is 0 Å². The summed E-state index contributed by atoms with van der Waals surface area (Å²) in [7, 11) is 0. The fourth-order valence-corrected chi connectivity index (χ4v) is 0.984. The minimum atomic E-state index is 0.611. The summed E-state index contributed by atoms with van der Waals surface area (Å²) in [5, 5.41) is 0. The van der Waals surface area contributed by atoms with Crippen LogP contribution in [-0.2, 0) is 13.0 Å². The lowest BCUT2D eigenvalue weighted by atomic mass is 10.1. The van der Waals surface area contributed by atoms with Gasteiger partial charge >= 0.3 is 0 Å². The van der Waals surface area contributed by atoms with E-state index in [-0.39, 0.29) is 0 Å². The molecule has 0 aliphatic carbocycles. The summed E-state index contributed by atoms with van der Waals surface area (Å²) in [4.78, 5) is 0. The van der Waals surface area contributed by atoms with E-state index in [0.717, 1.165) is 6.42 Å². The van der Waals surface area contributed by atoms with Gasteiger partial charge in [-0.05, 0) is 18.1 Å². The molecule has 0 bridgehead atoms. The highest BCUT2D eigenvalue weighted by Gasteiger charge is 1.90. The first-order valence-corrected chi connectivity index (χ1v) is 5.04. The van der Waals surface area contributed by atoms with E-state index in [9.17, 15) is 0 Å². The van der Waals surface area contributed by atoms with E-state index in [2.05, 4.69) is 24.0 Å². The summed E-state index contributed by atoms with van der Waals surface area (Å²) >= 11 is 0. The molecule has 0 saturated carbocycles. The number of rotatable bonds is 2. The van der Waals surface area contributed by atoms with Gasteiger partial charge in [-0.1, -0.05) is 44.0 Å². The molecule has 0 aliphatic rings. The van der Waals surface area contributed by atoms with Crippen LogP contribution in [0.3, 0.4) is 0 Å². The minimum absolute atomic E-state index is 0.611. The van der Waals surface area contributed by atoms with Crippen molar-refractivity contribution in [3.8, 4) is 11.8 Å². The van der Waals surface area contributed by atoms with Crippen molar-refractivity contribution in [1.29, 1.82) is 0 Å². The Morgan fingerprint density at radius 3 is 2.00 bits per heavy atom. The van der Waals surface area contributed by atoms with Crippen molar-refractivity contribution in [2.24, 2.45) is 5.73 Å². The Kier molecular flexibility index (Phi) is 7.59. The molecule has 0 heterocycles. The molecule has 0 fully saturated rings. The van der Waals surface area contributed by atoms with Crippen LogP contribution < -0.4 is 5.73 Å². The maximum Gasteiger partial charge on any atom is 0.0340 e. The lowest BCUT2D eigenvalue weighted by Gasteiger charge is -1.97. The molecular weight excluding hydrogens is 170 g/mol. The van der Waals surface area contributed by atoms with E-state index in [0.29, 0.717) is 6.54 Å². The summed E-state index contributed by atoms with van der Waals surface area (Å²) < 4.78 is 0. The SMILES string of the molecule is CC.CC#CCc1ccc(CN)cc1. The first-order chi connectivity index (χ1) is 6.86. The van der Waals surface area contributed by atoms with Crippen molar-refractivity contribution in [2.75, 3.05) is 0 Å². The summed E-state index contributed by atoms with van der Waals surface area (Å²) in [5.74, 6) is 5.89. The molecule has 0 atom stereocenters. The van der Waals surface area contributed by atoms with Crippen LogP contribution in [-0.4, -0.2) is 0 Å². The fourth-order valence-electron chi connectivity index (χ4n) is 0.984. The number of hydrogen-bond donors (Lipinski definition) is 1. The van der Waals surface area contributed by atoms with Crippen molar-refractivity contribution in [2.45, 2.75) is 33.7 Å². The zero-order chi connectivity index (χ0) is 10.8. The molecule has 0 spiro atoms. The molecule has 14 heavy (non-hydrogen) atoms. The molecule has 0 aromatic heterocycles. The van der Waals surface area contributed by atoms with Crippen molar-refractivity contribution in [1.82, 2.24) is 0 Å². The van der Waals surface area contributed by atoms with Crippen LogP contribution >= 0.6 is 0 Å². The van der Waals surface area contributed by atoms with Gasteiger partial charge in [0.25, 0.3) is 0 Å². The highest BCUT2D eigenvalue weighted by molar-refractivity contribution is 5.25. The van der Waals surface area contributed by atoms with Gasteiger partial charge in [-0.3, -0.25) is 0 Å². The second kappa shape index (κ2) is 8.34. The molecule has 0 unspecified atom stereocenters. The molecule has 1 nitrogen and oxygen atoms in total. The van der Waals surface area contributed by atoms with Crippen molar-refractivity contribution >= 4 is 0 Å². The summed E-state index contributed by atoms with van der Waals surface area (Å²) in [5.41, 5.74) is 7.89. The molecule has 0 radical (unpaired) electrons. The normalized spacial score (nSPS) is 8.00. The molecule has 0 aliphatic heterocycles. The van der Waals surface area contributed by atoms with Crippen LogP contribution in [0.15, 0.2) is 24.3 Å². The summed E-state index contributed by atoms with van der Waals surface area (Å²) in [6.45, 7) is 6.47. The molecular formula is C13H19N. The van der Waals surface area contributed by atoms with Crippen molar-refractivity contribution in [3.05, 3.63) is 35.4 Å². The standard InChI is InChI=1S/C11H13N.C2H6/c1-2-3-4-10-5-7-11(9-12)8-6-10;1-2/h5-8H,4,9,12H2,1H3;1-2H3. The first kappa shape index (κ1) is 12.7. The van der Waals surface area contributed by atoms with Gasteiger partial charge in [0, 0.05) is 13.0 Å². The van der Waals surface area contributed by atoms with Crippen LogP contribution in [0.1, 0.15) is 31.9 Å². The third kappa shape index (κ3) is 4.69. The maximum absolute atomic E-state index is 5.47. The fraction of sp³-hybridized carbons (Fsp3) is 0.385. The second-order valence-electron chi connectivity index (χ2n) is 2.62. The molecule has 0 amide bonds. The topological polar surface area (TPSA) is 26.0 Å². The van der Waals surface area contributed by atoms with E-state index < -0.39 is 0 Å². The minimum Gasteiger partial charge on any atom is -0.326 e. The lowest BCUT2D eigenvalue weighted by Crippen LogP contribution is -1.95. The molecule has 1 aromatic carbocycles. The maximum atomic E-state index is 5.47. The predicted molar refractivity (Wildman–Crippen MR) is 62.8 cm³/mol. The Bertz CT molecular complexity index is 287. The van der Waals surface area contributed by atoms with E-state index in [1.54, 1.807) is 0 Å². The van der Waals surface area contributed by atoms with Crippen LogP contribution in [0, 0.1) is 11.8 Å². The Morgan fingerprint density at radius 1 is 1.07 bits per heavy atom. The zero-order valence-corrected chi connectivity index (χ0v) is 9.30. The van der Waals surface area contributed by atoms with Gasteiger partial charge in [-0.2, -0.15) is 0 Å². The quantitative estimate of drug-likeness (QED) is 0.711.